The molecule has 0 atom stereocenters. The smallest absolute Gasteiger partial charge is 0.250 e. The van der Waals surface area contributed by atoms with Gasteiger partial charge in [-0.25, -0.2) is 5.43 Å². The van der Waals surface area contributed by atoms with Gasteiger partial charge in [-0.1, -0.05) is 36.4 Å². The Morgan fingerprint density at radius 1 is 1.00 bits per heavy atom. The van der Waals surface area contributed by atoms with Crippen molar-refractivity contribution in [1.82, 2.24) is 19.9 Å². The highest BCUT2D eigenvalue weighted by molar-refractivity contribution is 5.99. The average Bonchev–Trinajstić information content (AvgIpc) is 3.24. The lowest BCUT2D eigenvalue weighted by atomic mass is 10.2. The summed E-state index contributed by atoms with van der Waals surface area (Å²) in [5.41, 5.74) is 7.06. The van der Waals surface area contributed by atoms with E-state index >= 15 is 0 Å². The minimum Gasteiger partial charge on any atom is -0.378 e. The molecule has 0 saturated carbocycles. The van der Waals surface area contributed by atoms with Crippen LogP contribution in [0.15, 0.2) is 59.8 Å². The van der Waals surface area contributed by atoms with E-state index in [9.17, 15) is 0 Å². The van der Waals surface area contributed by atoms with Crippen molar-refractivity contribution in [3.05, 3.63) is 65.9 Å². The van der Waals surface area contributed by atoms with Crippen molar-refractivity contribution >= 4 is 40.6 Å². The van der Waals surface area contributed by atoms with Crippen LogP contribution in [0.25, 0.3) is 10.9 Å². The summed E-state index contributed by atoms with van der Waals surface area (Å²) in [6, 6.07) is 16.1. The molecule has 0 bridgehead atoms. The Hall–Kier alpha value is -3.98. The number of rotatable bonds is 6. The number of anilines is 4. The molecule has 5 rings (SSSR count). The number of nitrogens with one attached hydrogen (secondary N) is 3. The molecule has 1 aliphatic rings. The maximum atomic E-state index is 5.46. The van der Waals surface area contributed by atoms with Crippen molar-refractivity contribution in [2.45, 2.75) is 6.92 Å². The summed E-state index contributed by atoms with van der Waals surface area (Å²) in [6.07, 6.45) is 3.68. The Labute approximate surface area is 185 Å². The quantitative estimate of drug-likeness (QED) is 0.318. The van der Waals surface area contributed by atoms with Crippen LogP contribution in [0.4, 0.5) is 23.5 Å². The van der Waals surface area contributed by atoms with E-state index in [1.54, 1.807) is 6.21 Å². The van der Waals surface area contributed by atoms with Gasteiger partial charge in [-0.3, -0.25) is 0 Å². The van der Waals surface area contributed by atoms with E-state index in [1.807, 2.05) is 55.6 Å². The number of para-hydroxylation sites is 2. The molecule has 9 nitrogen and oxygen atoms in total. The first-order valence-corrected chi connectivity index (χ1v) is 10.5. The van der Waals surface area contributed by atoms with E-state index in [1.165, 1.54) is 0 Å². The van der Waals surface area contributed by atoms with Gasteiger partial charge < -0.3 is 19.9 Å². The van der Waals surface area contributed by atoms with E-state index in [0.29, 0.717) is 31.1 Å². The van der Waals surface area contributed by atoms with Gasteiger partial charge in [-0.15, -0.1) is 0 Å². The maximum absolute atomic E-state index is 5.46. The third-order valence-corrected chi connectivity index (χ3v) is 5.30. The van der Waals surface area contributed by atoms with Crippen LogP contribution in [0, 0.1) is 6.92 Å². The summed E-state index contributed by atoms with van der Waals surface area (Å²) < 4.78 is 5.46. The zero-order valence-corrected chi connectivity index (χ0v) is 17.7. The largest absolute Gasteiger partial charge is 0.378 e. The number of morpholine rings is 1. The molecule has 4 aromatic rings. The van der Waals surface area contributed by atoms with E-state index in [0.717, 1.165) is 40.8 Å². The fraction of sp³-hybridized carbons (Fsp3) is 0.217. The highest BCUT2D eigenvalue weighted by atomic mass is 16.5. The van der Waals surface area contributed by atoms with Crippen molar-refractivity contribution < 1.29 is 4.74 Å². The zero-order valence-electron chi connectivity index (χ0n) is 17.7. The van der Waals surface area contributed by atoms with Gasteiger partial charge in [0.25, 0.3) is 0 Å². The van der Waals surface area contributed by atoms with Gasteiger partial charge in [0.15, 0.2) is 0 Å². The Kier molecular flexibility index (Phi) is 5.63. The average molecular weight is 429 g/mol. The van der Waals surface area contributed by atoms with Crippen molar-refractivity contribution in [3.8, 4) is 0 Å². The third-order valence-electron chi connectivity index (χ3n) is 5.30. The normalized spacial score (nSPS) is 14.2. The molecular weight excluding hydrogens is 404 g/mol. The van der Waals surface area contributed by atoms with Crippen LogP contribution in [0.1, 0.15) is 11.1 Å². The van der Waals surface area contributed by atoms with Gasteiger partial charge in [-0.05, 0) is 24.6 Å². The molecule has 32 heavy (non-hydrogen) atoms. The van der Waals surface area contributed by atoms with Gasteiger partial charge in [0.05, 0.1) is 19.4 Å². The van der Waals surface area contributed by atoms with Crippen LogP contribution in [0.2, 0.25) is 0 Å². The number of aromatic nitrogens is 4. The minimum atomic E-state index is 0.369. The summed E-state index contributed by atoms with van der Waals surface area (Å²) in [5.74, 6) is 1.42. The minimum absolute atomic E-state index is 0.369. The molecular formula is C23H24N8O. The fourth-order valence-corrected chi connectivity index (χ4v) is 3.57. The second kappa shape index (κ2) is 9.03. The molecule has 3 N–H and O–H groups in total. The predicted octanol–water partition coefficient (Wildman–Crippen LogP) is 3.69. The molecule has 0 radical (unpaired) electrons. The lowest BCUT2D eigenvalue weighted by Gasteiger charge is -2.27. The number of H-pyrrole nitrogens is 1. The first-order valence-electron chi connectivity index (χ1n) is 10.5. The summed E-state index contributed by atoms with van der Waals surface area (Å²) >= 11 is 0. The lowest BCUT2D eigenvalue weighted by molar-refractivity contribution is 0.122. The zero-order chi connectivity index (χ0) is 21.8. The number of hydrogen-bond donors (Lipinski definition) is 3. The van der Waals surface area contributed by atoms with Crippen molar-refractivity contribution in [2.24, 2.45) is 5.10 Å². The van der Waals surface area contributed by atoms with E-state index < -0.39 is 0 Å². The van der Waals surface area contributed by atoms with Crippen LogP contribution in [-0.2, 0) is 4.74 Å². The van der Waals surface area contributed by atoms with Gasteiger partial charge in [-0.2, -0.15) is 20.1 Å². The van der Waals surface area contributed by atoms with Crippen LogP contribution in [0.3, 0.4) is 0 Å². The molecule has 0 spiro atoms. The fourth-order valence-electron chi connectivity index (χ4n) is 3.57. The Morgan fingerprint density at radius 2 is 1.78 bits per heavy atom. The lowest BCUT2D eigenvalue weighted by Crippen LogP contribution is -2.37. The highest BCUT2D eigenvalue weighted by Crippen LogP contribution is 2.21. The second-order valence-electron chi connectivity index (χ2n) is 7.48. The highest BCUT2D eigenvalue weighted by Gasteiger charge is 2.17. The Bertz CT molecular complexity index is 1250. The number of benzene rings is 2. The first-order chi connectivity index (χ1) is 15.8. The number of hydrazone groups is 1. The molecule has 0 amide bonds. The van der Waals surface area contributed by atoms with Crippen LogP contribution in [-0.4, -0.2) is 52.5 Å². The number of aryl methyl sites for hydroxylation is 1. The molecule has 0 unspecified atom stereocenters. The molecule has 0 aliphatic carbocycles. The standard InChI is InChI=1S/C23H24N8O/c1-16-6-2-4-8-19(16)26-21-27-22(29-23(28-21)31-10-12-32-13-11-31)30-25-15-17-14-24-20-9-5-3-7-18(17)20/h2-9,14-15,24H,10-13H2,1H3,(H2,26,27,28,29,30)/b25-15+. The number of nitrogens with zero attached hydrogens (tertiary/aromatic N) is 5. The number of aromatic amines is 1. The monoisotopic (exact) mass is 428 g/mol. The first kappa shape index (κ1) is 20.0. The summed E-state index contributed by atoms with van der Waals surface area (Å²) in [4.78, 5) is 19.1. The Balaban J connectivity index is 1.41. The second-order valence-corrected chi connectivity index (χ2v) is 7.48. The van der Waals surface area contributed by atoms with Crippen LogP contribution >= 0.6 is 0 Å². The van der Waals surface area contributed by atoms with Crippen LogP contribution in [0.5, 0.6) is 0 Å². The summed E-state index contributed by atoms with van der Waals surface area (Å²) in [6.45, 7) is 4.79. The van der Waals surface area contributed by atoms with E-state index in [-0.39, 0.29) is 0 Å². The maximum Gasteiger partial charge on any atom is 0.250 e. The van der Waals surface area contributed by atoms with Gasteiger partial charge in [0.2, 0.25) is 17.8 Å². The van der Waals surface area contributed by atoms with Crippen molar-refractivity contribution in [2.75, 3.05) is 41.9 Å². The topological polar surface area (TPSA) is 103 Å². The Morgan fingerprint density at radius 3 is 2.66 bits per heavy atom. The van der Waals surface area contributed by atoms with E-state index in [4.69, 9.17) is 4.74 Å². The van der Waals surface area contributed by atoms with Gasteiger partial charge in [0, 0.05) is 41.4 Å². The molecule has 3 heterocycles. The summed E-state index contributed by atoms with van der Waals surface area (Å²) in [5, 5.41) is 8.77. The van der Waals surface area contributed by atoms with Crippen LogP contribution < -0.4 is 15.6 Å². The number of fused-ring (bicyclic) bond motifs is 1. The molecule has 2 aromatic carbocycles. The molecule has 1 fully saturated rings. The molecule has 9 heteroatoms. The van der Waals surface area contributed by atoms with Crippen molar-refractivity contribution in [3.63, 3.8) is 0 Å². The third kappa shape index (κ3) is 4.37. The van der Waals surface area contributed by atoms with Crippen molar-refractivity contribution in [1.29, 1.82) is 0 Å². The molecule has 162 valence electrons. The number of hydrogen-bond acceptors (Lipinski definition) is 8. The predicted molar refractivity (Wildman–Crippen MR) is 127 cm³/mol. The SMILES string of the molecule is Cc1ccccc1Nc1nc(N/N=C/c2c[nH]c3ccccc23)nc(N2CCOCC2)n1. The number of ether oxygens (including phenoxy) is 1. The summed E-state index contributed by atoms with van der Waals surface area (Å²) in [7, 11) is 0. The van der Waals surface area contributed by atoms with Gasteiger partial charge in [0.1, 0.15) is 0 Å². The molecule has 1 aliphatic heterocycles. The molecule has 2 aromatic heterocycles. The molecule has 1 saturated heterocycles. The van der Waals surface area contributed by atoms with E-state index in [2.05, 4.69) is 46.7 Å². The van der Waals surface area contributed by atoms with Gasteiger partial charge >= 0.3 is 0 Å².